The number of rotatable bonds is 3. The van der Waals surface area contributed by atoms with Crippen LogP contribution in [-0.2, 0) is 9.84 Å². The number of anilines is 1. The van der Waals surface area contributed by atoms with E-state index in [1.54, 1.807) is 6.07 Å². The van der Waals surface area contributed by atoms with Gasteiger partial charge in [0.1, 0.15) is 12.4 Å². The summed E-state index contributed by atoms with van der Waals surface area (Å²) >= 11 is 3.19. The fourth-order valence-corrected chi connectivity index (χ4v) is 2.45. The Morgan fingerprint density at radius 3 is 2.52 bits per heavy atom. The molecule has 1 N–H and O–H groups in total. The first-order valence-corrected chi connectivity index (χ1v) is 8.23. The molecule has 114 valence electrons. The highest BCUT2D eigenvalue weighted by Gasteiger charge is 2.27. The summed E-state index contributed by atoms with van der Waals surface area (Å²) in [7, 11) is -3.74. The Labute approximate surface area is 126 Å². The quantitative estimate of drug-likeness (QED) is 0.825. The van der Waals surface area contributed by atoms with E-state index in [0.29, 0.717) is 9.86 Å². The third-order valence-corrected chi connectivity index (χ3v) is 3.76. The standard InChI is InChI=1S/C11H9BrF3N3O2S/c1-21(19,20)10-17-8-3-2-6(12)4-7(8)9(18-10)16-5-11(13,14)15/h2-4H,5H2,1H3,(H,16,17,18). The zero-order valence-corrected chi connectivity index (χ0v) is 13.0. The van der Waals surface area contributed by atoms with E-state index in [9.17, 15) is 21.6 Å². The van der Waals surface area contributed by atoms with Gasteiger partial charge in [-0.1, -0.05) is 15.9 Å². The highest BCUT2D eigenvalue weighted by Crippen LogP contribution is 2.26. The number of sulfone groups is 1. The minimum Gasteiger partial charge on any atom is -0.361 e. The van der Waals surface area contributed by atoms with Gasteiger partial charge in [-0.3, -0.25) is 0 Å². The summed E-state index contributed by atoms with van der Waals surface area (Å²) in [6, 6.07) is 4.61. The zero-order chi connectivity index (χ0) is 15.8. The molecular weight excluding hydrogens is 375 g/mol. The van der Waals surface area contributed by atoms with E-state index in [4.69, 9.17) is 0 Å². The van der Waals surface area contributed by atoms with Crippen LogP contribution in [0.1, 0.15) is 0 Å². The average molecular weight is 384 g/mol. The molecule has 1 heterocycles. The van der Waals surface area contributed by atoms with Crippen molar-refractivity contribution in [2.75, 3.05) is 18.1 Å². The first kappa shape index (κ1) is 16.0. The number of hydrogen-bond donors (Lipinski definition) is 1. The summed E-state index contributed by atoms with van der Waals surface area (Å²) in [5.41, 5.74) is 0.235. The molecule has 0 atom stereocenters. The number of hydrogen-bond acceptors (Lipinski definition) is 5. The van der Waals surface area contributed by atoms with Crippen LogP contribution in [0.5, 0.6) is 0 Å². The van der Waals surface area contributed by atoms with Crippen LogP contribution in [0.25, 0.3) is 10.9 Å². The van der Waals surface area contributed by atoms with Crippen LogP contribution in [0.3, 0.4) is 0 Å². The zero-order valence-electron chi connectivity index (χ0n) is 10.6. The molecule has 0 amide bonds. The van der Waals surface area contributed by atoms with Crippen molar-refractivity contribution in [3.63, 3.8) is 0 Å². The maximum Gasteiger partial charge on any atom is 0.405 e. The first-order valence-electron chi connectivity index (χ1n) is 5.54. The van der Waals surface area contributed by atoms with Gasteiger partial charge in [0.25, 0.3) is 0 Å². The number of benzene rings is 1. The minimum atomic E-state index is -4.45. The van der Waals surface area contributed by atoms with Crippen LogP contribution in [0.4, 0.5) is 19.0 Å². The van der Waals surface area contributed by atoms with Crippen molar-refractivity contribution >= 4 is 42.5 Å². The molecule has 0 unspecified atom stereocenters. The number of alkyl halides is 3. The van der Waals surface area contributed by atoms with Crippen LogP contribution >= 0.6 is 15.9 Å². The SMILES string of the molecule is CS(=O)(=O)c1nc(NCC(F)(F)F)c2cc(Br)ccc2n1. The van der Waals surface area contributed by atoms with Crippen LogP contribution in [0.15, 0.2) is 27.8 Å². The lowest BCUT2D eigenvalue weighted by atomic mass is 10.2. The molecule has 1 aromatic heterocycles. The summed E-state index contributed by atoms with van der Waals surface area (Å²) in [6.07, 6.45) is -3.56. The lowest BCUT2D eigenvalue weighted by Gasteiger charge is -2.12. The van der Waals surface area contributed by atoms with Crippen LogP contribution in [-0.4, -0.2) is 37.4 Å². The second-order valence-corrected chi connectivity index (χ2v) is 7.08. The molecule has 1 aromatic carbocycles. The number of nitrogens with zero attached hydrogens (tertiary/aromatic N) is 2. The molecule has 21 heavy (non-hydrogen) atoms. The van der Waals surface area contributed by atoms with Gasteiger partial charge in [0.05, 0.1) is 5.52 Å². The van der Waals surface area contributed by atoms with Crippen molar-refractivity contribution in [1.82, 2.24) is 9.97 Å². The second-order valence-electron chi connectivity index (χ2n) is 4.26. The summed E-state index contributed by atoms with van der Waals surface area (Å²) < 4.78 is 60.6. The molecular formula is C11H9BrF3N3O2S. The third-order valence-electron chi connectivity index (χ3n) is 2.43. The average Bonchev–Trinajstić information content (AvgIpc) is 2.33. The highest BCUT2D eigenvalue weighted by molar-refractivity contribution is 9.10. The van der Waals surface area contributed by atoms with E-state index >= 15 is 0 Å². The van der Waals surface area contributed by atoms with Crippen molar-refractivity contribution < 1.29 is 21.6 Å². The predicted molar refractivity (Wildman–Crippen MR) is 74.9 cm³/mol. The summed E-state index contributed by atoms with van der Waals surface area (Å²) in [5, 5.41) is 1.87. The van der Waals surface area contributed by atoms with Crippen molar-refractivity contribution in [2.24, 2.45) is 0 Å². The molecule has 0 radical (unpaired) electrons. The van der Waals surface area contributed by atoms with Crippen LogP contribution in [0, 0.1) is 0 Å². The van der Waals surface area contributed by atoms with Gasteiger partial charge in [-0.15, -0.1) is 0 Å². The topological polar surface area (TPSA) is 72.0 Å². The molecule has 0 saturated carbocycles. The van der Waals surface area contributed by atoms with Crippen molar-refractivity contribution in [1.29, 1.82) is 0 Å². The van der Waals surface area contributed by atoms with Gasteiger partial charge in [0.2, 0.25) is 15.0 Å². The molecule has 0 saturated heterocycles. The molecule has 0 bridgehead atoms. The Bertz CT molecular complexity index is 793. The molecule has 10 heteroatoms. The summed E-state index contributed by atoms with van der Waals surface area (Å²) in [5.74, 6) is -0.181. The van der Waals surface area contributed by atoms with E-state index in [1.807, 2.05) is 0 Å². The number of nitrogens with one attached hydrogen (secondary N) is 1. The Morgan fingerprint density at radius 1 is 1.29 bits per heavy atom. The van der Waals surface area contributed by atoms with E-state index in [0.717, 1.165) is 6.26 Å². The lowest BCUT2D eigenvalue weighted by molar-refractivity contribution is -0.115. The summed E-state index contributed by atoms with van der Waals surface area (Å²) in [4.78, 5) is 7.54. The molecule has 5 nitrogen and oxygen atoms in total. The molecule has 2 rings (SSSR count). The monoisotopic (exact) mass is 383 g/mol. The Kier molecular flexibility index (Phi) is 4.11. The Balaban J connectivity index is 2.61. The Morgan fingerprint density at radius 2 is 1.95 bits per heavy atom. The fraction of sp³-hybridized carbons (Fsp3) is 0.273. The lowest BCUT2D eigenvalue weighted by Crippen LogP contribution is -2.22. The fourth-order valence-electron chi connectivity index (χ4n) is 1.56. The number of aromatic nitrogens is 2. The minimum absolute atomic E-state index is 0.181. The van der Waals surface area contributed by atoms with E-state index in [-0.39, 0.29) is 11.3 Å². The maximum atomic E-state index is 12.3. The van der Waals surface area contributed by atoms with Crippen molar-refractivity contribution in [3.8, 4) is 0 Å². The molecule has 2 aromatic rings. The molecule has 0 aliphatic carbocycles. The van der Waals surface area contributed by atoms with Gasteiger partial charge >= 0.3 is 6.18 Å². The van der Waals surface area contributed by atoms with E-state index in [1.165, 1.54) is 12.1 Å². The maximum absolute atomic E-state index is 12.3. The summed E-state index contributed by atoms with van der Waals surface area (Å²) in [6.45, 7) is -1.32. The largest absolute Gasteiger partial charge is 0.405 e. The van der Waals surface area contributed by atoms with Crippen molar-refractivity contribution in [2.45, 2.75) is 11.3 Å². The van der Waals surface area contributed by atoms with Crippen LogP contribution < -0.4 is 5.32 Å². The van der Waals surface area contributed by atoms with Gasteiger partial charge in [-0.2, -0.15) is 13.2 Å². The van der Waals surface area contributed by atoms with Gasteiger partial charge in [-0.25, -0.2) is 18.4 Å². The van der Waals surface area contributed by atoms with Crippen LogP contribution in [0.2, 0.25) is 0 Å². The van der Waals surface area contributed by atoms with Gasteiger partial charge in [0, 0.05) is 16.1 Å². The van der Waals surface area contributed by atoms with Gasteiger partial charge < -0.3 is 5.32 Å². The smallest absolute Gasteiger partial charge is 0.361 e. The number of fused-ring (bicyclic) bond motifs is 1. The van der Waals surface area contributed by atoms with Gasteiger partial charge in [-0.05, 0) is 18.2 Å². The van der Waals surface area contributed by atoms with E-state index in [2.05, 4.69) is 31.2 Å². The second kappa shape index (κ2) is 5.41. The Hall–Kier alpha value is -1.42. The third kappa shape index (κ3) is 4.03. The van der Waals surface area contributed by atoms with Gasteiger partial charge in [0.15, 0.2) is 0 Å². The number of halogens is 4. The van der Waals surface area contributed by atoms with Crippen molar-refractivity contribution in [3.05, 3.63) is 22.7 Å². The molecule has 0 aliphatic heterocycles. The highest BCUT2D eigenvalue weighted by atomic mass is 79.9. The normalized spacial score (nSPS) is 12.6. The molecule has 0 aliphatic rings. The predicted octanol–water partition coefficient (Wildman–Crippen LogP) is 2.77. The van der Waals surface area contributed by atoms with E-state index < -0.39 is 27.7 Å². The molecule has 0 spiro atoms. The molecule has 0 fully saturated rings. The first-order chi connectivity index (χ1) is 9.56.